The van der Waals surface area contributed by atoms with Gasteiger partial charge in [-0.15, -0.1) is 0 Å². The lowest BCUT2D eigenvalue weighted by atomic mass is 9.95. The molecule has 13 heteroatoms. The highest BCUT2D eigenvalue weighted by Crippen LogP contribution is 2.52. The summed E-state index contributed by atoms with van der Waals surface area (Å²) in [6.45, 7) is 4.75. The van der Waals surface area contributed by atoms with Crippen molar-refractivity contribution in [1.29, 1.82) is 0 Å². The molecule has 1 aromatic carbocycles. The van der Waals surface area contributed by atoms with Crippen molar-refractivity contribution in [3.63, 3.8) is 0 Å². The number of hydrogen-bond acceptors (Lipinski definition) is 10. The van der Waals surface area contributed by atoms with E-state index in [2.05, 4.69) is 20.0 Å². The molecule has 4 fully saturated rings. The van der Waals surface area contributed by atoms with Crippen LogP contribution in [0, 0.1) is 5.82 Å². The molecular formula is C31H34ClFN8O3. The minimum absolute atomic E-state index is 0.00793. The number of nitrogens with one attached hydrogen (secondary N) is 1. The highest BCUT2D eigenvalue weighted by Gasteiger charge is 2.45. The van der Waals surface area contributed by atoms with Gasteiger partial charge in [-0.2, -0.15) is 15.1 Å². The van der Waals surface area contributed by atoms with E-state index in [9.17, 15) is 0 Å². The summed E-state index contributed by atoms with van der Waals surface area (Å²) in [5.41, 5.74) is 8.55. The largest absolute Gasteiger partial charge is 0.475 e. The lowest BCUT2D eigenvalue weighted by molar-refractivity contribution is 0.107. The number of anilines is 2. The van der Waals surface area contributed by atoms with Crippen molar-refractivity contribution in [2.45, 2.75) is 62.4 Å². The van der Waals surface area contributed by atoms with E-state index in [1.807, 2.05) is 6.07 Å². The Morgan fingerprint density at radius 2 is 1.93 bits per heavy atom. The summed E-state index contributed by atoms with van der Waals surface area (Å²) in [6.07, 6.45) is 7.19. The quantitative estimate of drug-likeness (QED) is 0.321. The Kier molecular flexibility index (Phi) is 6.12. The van der Waals surface area contributed by atoms with Gasteiger partial charge in [-0.05, 0) is 75.6 Å². The lowest BCUT2D eigenvalue weighted by Crippen LogP contribution is -2.43. The summed E-state index contributed by atoms with van der Waals surface area (Å²) in [6, 6.07) is 1.85. The minimum Gasteiger partial charge on any atom is -0.475 e. The van der Waals surface area contributed by atoms with Crippen LogP contribution in [0.5, 0.6) is 11.9 Å². The summed E-state index contributed by atoms with van der Waals surface area (Å²) in [7, 11) is 0. The Bertz CT molecular complexity index is 1800. The Hall–Kier alpha value is -3.48. The number of H-pyrrole nitrogens is 1. The van der Waals surface area contributed by atoms with Crippen LogP contribution in [0.4, 0.5) is 16.0 Å². The zero-order valence-electron chi connectivity index (χ0n) is 24.4. The van der Waals surface area contributed by atoms with Crippen LogP contribution < -0.4 is 20.1 Å². The normalized spacial score (nSPS) is 23.0. The summed E-state index contributed by atoms with van der Waals surface area (Å²) < 4.78 is 35.9. The summed E-state index contributed by atoms with van der Waals surface area (Å²) in [5.74, 6) is 0.705. The van der Waals surface area contributed by atoms with Gasteiger partial charge < -0.3 is 24.8 Å². The van der Waals surface area contributed by atoms with Gasteiger partial charge in [0.1, 0.15) is 35.6 Å². The fourth-order valence-corrected chi connectivity index (χ4v) is 8.30. The molecule has 7 heterocycles. The Morgan fingerprint density at radius 3 is 2.75 bits per heavy atom. The molecule has 44 heavy (non-hydrogen) atoms. The molecule has 4 aromatic rings. The van der Waals surface area contributed by atoms with Crippen LogP contribution >= 0.6 is 11.6 Å². The fourth-order valence-electron chi connectivity index (χ4n) is 7.94. The van der Waals surface area contributed by atoms with Crippen molar-refractivity contribution < 1.29 is 18.6 Å². The molecule has 5 aliphatic rings. The maximum absolute atomic E-state index is 17.2. The molecule has 3 saturated heterocycles. The number of nitrogen functional groups attached to an aromatic ring is 1. The number of pyridine rings is 1. The summed E-state index contributed by atoms with van der Waals surface area (Å²) >= 11 is 6.84. The Balaban J connectivity index is 1.26. The van der Waals surface area contributed by atoms with E-state index in [4.69, 9.17) is 46.5 Å². The summed E-state index contributed by atoms with van der Waals surface area (Å²) in [5, 5.41) is 8.73. The molecule has 11 nitrogen and oxygen atoms in total. The van der Waals surface area contributed by atoms with Gasteiger partial charge in [-0.1, -0.05) is 11.6 Å². The van der Waals surface area contributed by atoms with E-state index in [1.54, 1.807) is 0 Å². The van der Waals surface area contributed by atoms with Crippen LogP contribution in [0.15, 0.2) is 6.07 Å². The molecule has 0 spiro atoms. The van der Waals surface area contributed by atoms with Crippen LogP contribution in [0.1, 0.15) is 56.4 Å². The second kappa shape index (κ2) is 10.0. The van der Waals surface area contributed by atoms with Crippen molar-refractivity contribution in [3.8, 4) is 23.1 Å². The number of aromatic nitrogens is 5. The molecule has 1 saturated carbocycles. The van der Waals surface area contributed by atoms with E-state index in [-0.39, 0.29) is 46.4 Å². The first-order valence-corrected chi connectivity index (χ1v) is 16.1. The van der Waals surface area contributed by atoms with E-state index in [0.29, 0.717) is 65.7 Å². The van der Waals surface area contributed by atoms with Crippen molar-refractivity contribution >= 4 is 45.0 Å². The zero-order chi connectivity index (χ0) is 29.6. The predicted molar refractivity (Wildman–Crippen MR) is 164 cm³/mol. The van der Waals surface area contributed by atoms with Gasteiger partial charge in [-0.3, -0.25) is 10.00 Å². The number of aromatic amines is 1. The molecule has 1 aliphatic carbocycles. The number of rotatable bonds is 5. The fraction of sp³-hybridized carbons (Fsp3) is 0.548. The monoisotopic (exact) mass is 620 g/mol. The van der Waals surface area contributed by atoms with Crippen molar-refractivity contribution in [1.82, 2.24) is 30.0 Å². The topological polar surface area (TPSA) is 128 Å². The van der Waals surface area contributed by atoms with Crippen LogP contribution in [-0.2, 0) is 4.74 Å². The second-order valence-electron chi connectivity index (χ2n) is 12.9. The van der Waals surface area contributed by atoms with Gasteiger partial charge in [0.2, 0.25) is 5.88 Å². The third-order valence-electron chi connectivity index (χ3n) is 10.2. The highest BCUT2D eigenvalue weighted by molar-refractivity contribution is 6.33. The molecule has 0 amide bonds. The van der Waals surface area contributed by atoms with Gasteiger partial charge in [0.15, 0.2) is 11.6 Å². The van der Waals surface area contributed by atoms with Crippen LogP contribution in [0.2, 0.25) is 5.02 Å². The van der Waals surface area contributed by atoms with Gasteiger partial charge in [-0.25, -0.2) is 9.37 Å². The van der Waals surface area contributed by atoms with Crippen molar-refractivity contribution in [3.05, 3.63) is 22.5 Å². The number of nitrogens with two attached hydrogens (primary N) is 1. The molecule has 0 radical (unpaired) electrons. The molecule has 230 valence electrons. The SMILES string of the molecule is Nc1n[nH]c2cc(Cl)c(C3CC3)c(-c3nc4c5c(nc(OCC67CCCN6CCC7)nc5c3F)N3CCCOC[C@H]3CO4)c12. The molecule has 4 aliphatic heterocycles. The number of ether oxygens (including phenoxy) is 3. The van der Waals surface area contributed by atoms with E-state index < -0.39 is 5.82 Å². The molecule has 0 unspecified atom stereocenters. The van der Waals surface area contributed by atoms with Gasteiger partial charge in [0.25, 0.3) is 0 Å². The number of hydrogen-bond donors (Lipinski definition) is 2. The zero-order valence-corrected chi connectivity index (χ0v) is 25.1. The Morgan fingerprint density at radius 1 is 1.09 bits per heavy atom. The number of halogens is 2. The first-order chi connectivity index (χ1) is 21.5. The van der Waals surface area contributed by atoms with E-state index >= 15 is 4.39 Å². The van der Waals surface area contributed by atoms with Crippen LogP contribution in [0.25, 0.3) is 33.1 Å². The minimum atomic E-state index is -0.585. The first kappa shape index (κ1) is 26.9. The third-order valence-corrected chi connectivity index (χ3v) is 10.5. The Labute approximate surface area is 258 Å². The van der Waals surface area contributed by atoms with Crippen molar-refractivity contribution in [2.75, 3.05) is 56.7 Å². The van der Waals surface area contributed by atoms with Gasteiger partial charge in [0, 0.05) is 23.7 Å². The third kappa shape index (κ3) is 4.06. The maximum atomic E-state index is 17.2. The smallest absolute Gasteiger partial charge is 0.319 e. The van der Waals surface area contributed by atoms with E-state index in [1.165, 1.54) is 0 Å². The van der Waals surface area contributed by atoms with Crippen LogP contribution in [-0.4, -0.2) is 87.7 Å². The second-order valence-corrected chi connectivity index (χ2v) is 13.3. The molecular weight excluding hydrogens is 587 g/mol. The van der Waals surface area contributed by atoms with Gasteiger partial charge >= 0.3 is 6.01 Å². The standard InChI is InChI=1S/C31H34ClFN8O3/c32-18-12-19-21(27(34)39-38-19)22(20(18)16-4-5-16)25-24(33)26-23-28(41-10-3-11-42-13-17(41)14-43-29(23)35-25)37-30(36-26)44-15-31-6-1-8-40(31)9-2-7-31/h12,16-17H,1-11,13-15H2,(H3,34,38,39)/t17-/m0/s1. The number of fused-ring (bicyclic) bond motifs is 4. The lowest BCUT2D eigenvalue weighted by Gasteiger charge is -2.31. The first-order valence-electron chi connectivity index (χ1n) is 15.7. The molecule has 0 bridgehead atoms. The number of benzene rings is 1. The van der Waals surface area contributed by atoms with Crippen LogP contribution in [0.3, 0.4) is 0 Å². The maximum Gasteiger partial charge on any atom is 0.319 e. The average molecular weight is 621 g/mol. The molecule has 9 rings (SSSR count). The van der Waals surface area contributed by atoms with Gasteiger partial charge in [0.05, 0.1) is 29.1 Å². The van der Waals surface area contributed by atoms with E-state index in [0.717, 1.165) is 63.6 Å². The molecule has 1 atom stereocenters. The average Bonchev–Trinajstić information content (AvgIpc) is 3.63. The number of nitrogens with zero attached hydrogens (tertiary/aromatic N) is 6. The molecule has 3 N–H and O–H groups in total. The predicted octanol–water partition coefficient (Wildman–Crippen LogP) is 4.82. The molecule has 3 aromatic heterocycles. The van der Waals surface area contributed by atoms with Crippen molar-refractivity contribution in [2.24, 2.45) is 0 Å². The highest BCUT2D eigenvalue weighted by atomic mass is 35.5. The summed E-state index contributed by atoms with van der Waals surface area (Å²) in [4.78, 5) is 19.2.